The van der Waals surface area contributed by atoms with Crippen molar-refractivity contribution in [2.75, 3.05) is 14.2 Å². The lowest BCUT2D eigenvalue weighted by atomic mass is 10.1. The third-order valence-electron chi connectivity index (χ3n) is 2.06. The maximum Gasteiger partial charge on any atom is 0.161 e. The minimum absolute atomic E-state index is 0.520. The van der Waals surface area contributed by atoms with Crippen LogP contribution < -0.4 is 15.2 Å². The minimum atomic E-state index is 0.520. The summed E-state index contributed by atoms with van der Waals surface area (Å²) in [5.74, 6) is 1.48. The van der Waals surface area contributed by atoms with Crippen LogP contribution in [-0.2, 0) is 6.54 Å². The van der Waals surface area contributed by atoms with E-state index in [1.807, 2.05) is 19.1 Å². The summed E-state index contributed by atoms with van der Waals surface area (Å²) in [6.45, 7) is 2.52. The second-order valence-electron chi connectivity index (χ2n) is 2.84. The second-order valence-corrected chi connectivity index (χ2v) is 2.84. The van der Waals surface area contributed by atoms with Crippen LogP contribution in [0, 0.1) is 6.92 Å². The topological polar surface area (TPSA) is 44.5 Å². The molecule has 3 heteroatoms. The molecule has 0 saturated carbocycles. The maximum absolute atomic E-state index is 5.57. The molecule has 0 aromatic heterocycles. The number of benzene rings is 1. The average molecular weight is 181 g/mol. The van der Waals surface area contributed by atoms with Crippen molar-refractivity contribution in [2.45, 2.75) is 13.5 Å². The first-order chi connectivity index (χ1) is 6.22. The molecule has 2 N–H and O–H groups in total. The summed E-state index contributed by atoms with van der Waals surface area (Å²) in [5, 5.41) is 0. The van der Waals surface area contributed by atoms with Gasteiger partial charge in [0, 0.05) is 6.54 Å². The number of hydrogen-bond donors (Lipinski definition) is 1. The molecule has 1 rings (SSSR count). The van der Waals surface area contributed by atoms with E-state index in [4.69, 9.17) is 15.2 Å². The molecule has 0 atom stereocenters. The summed E-state index contributed by atoms with van der Waals surface area (Å²) in [5.41, 5.74) is 7.78. The van der Waals surface area contributed by atoms with Crippen molar-refractivity contribution >= 4 is 0 Å². The van der Waals surface area contributed by atoms with E-state index in [1.54, 1.807) is 14.2 Å². The predicted molar refractivity (Wildman–Crippen MR) is 52.2 cm³/mol. The third-order valence-corrected chi connectivity index (χ3v) is 2.06. The zero-order valence-electron chi connectivity index (χ0n) is 8.26. The van der Waals surface area contributed by atoms with Crippen molar-refractivity contribution in [3.05, 3.63) is 23.3 Å². The van der Waals surface area contributed by atoms with Gasteiger partial charge in [-0.25, -0.2) is 0 Å². The van der Waals surface area contributed by atoms with Gasteiger partial charge >= 0.3 is 0 Å². The van der Waals surface area contributed by atoms with Crippen molar-refractivity contribution in [1.82, 2.24) is 0 Å². The van der Waals surface area contributed by atoms with Crippen LogP contribution in [0.2, 0.25) is 0 Å². The molecule has 1 aromatic rings. The van der Waals surface area contributed by atoms with Crippen molar-refractivity contribution in [3.63, 3.8) is 0 Å². The molecule has 0 heterocycles. The van der Waals surface area contributed by atoms with Gasteiger partial charge in [0.05, 0.1) is 14.2 Å². The van der Waals surface area contributed by atoms with Gasteiger partial charge in [0.1, 0.15) is 0 Å². The summed E-state index contributed by atoms with van der Waals surface area (Å²) in [6, 6.07) is 3.84. The molecule has 0 radical (unpaired) electrons. The highest BCUT2D eigenvalue weighted by Gasteiger charge is 2.06. The molecule has 0 saturated heterocycles. The summed E-state index contributed by atoms with van der Waals surface area (Å²) in [6.07, 6.45) is 0. The van der Waals surface area contributed by atoms with E-state index in [0.717, 1.165) is 22.6 Å². The fraction of sp³-hybridized carbons (Fsp3) is 0.400. The number of aryl methyl sites for hydroxylation is 1. The lowest BCUT2D eigenvalue weighted by molar-refractivity contribution is 0.354. The Labute approximate surface area is 78.5 Å². The first-order valence-electron chi connectivity index (χ1n) is 4.14. The highest BCUT2D eigenvalue weighted by Crippen LogP contribution is 2.29. The fourth-order valence-electron chi connectivity index (χ4n) is 1.24. The quantitative estimate of drug-likeness (QED) is 0.768. The Hall–Kier alpha value is -1.22. The van der Waals surface area contributed by atoms with Gasteiger partial charge in [-0.1, -0.05) is 0 Å². The molecule has 0 spiro atoms. The van der Waals surface area contributed by atoms with Gasteiger partial charge in [0.15, 0.2) is 11.5 Å². The summed E-state index contributed by atoms with van der Waals surface area (Å²) in [7, 11) is 3.24. The second kappa shape index (κ2) is 4.14. The van der Waals surface area contributed by atoms with Gasteiger partial charge < -0.3 is 15.2 Å². The van der Waals surface area contributed by atoms with Crippen LogP contribution in [0.15, 0.2) is 12.1 Å². The highest BCUT2D eigenvalue weighted by molar-refractivity contribution is 5.46. The average Bonchev–Trinajstić information content (AvgIpc) is 2.17. The molecule has 0 aliphatic heterocycles. The molecular formula is C10H15NO2. The molecule has 0 amide bonds. The van der Waals surface area contributed by atoms with Gasteiger partial charge in [-0.3, -0.25) is 0 Å². The van der Waals surface area contributed by atoms with Gasteiger partial charge in [0.2, 0.25) is 0 Å². The van der Waals surface area contributed by atoms with E-state index in [-0.39, 0.29) is 0 Å². The zero-order chi connectivity index (χ0) is 9.84. The van der Waals surface area contributed by atoms with Crippen molar-refractivity contribution in [2.24, 2.45) is 5.73 Å². The molecule has 1 aromatic carbocycles. The van der Waals surface area contributed by atoms with Crippen molar-refractivity contribution in [1.29, 1.82) is 0 Å². The Kier molecular flexibility index (Phi) is 3.14. The summed E-state index contributed by atoms with van der Waals surface area (Å²) in [4.78, 5) is 0. The van der Waals surface area contributed by atoms with Crippen LogP contribution in [0.5, 0.6) is 11.5 Å². The van der Waals surface area contributed by atoms with E-state index < -0.39 is 0 Å². The number of hydrogen-bond acceptors (Lipinski definition) is 3. The normalized spacial score (nSPS) is 9.85. The smallest absolute Gasteiger partial charge is 0.161 e. The number of nitrogens with two attached hydrogens (primary N) is 1. The first-order valence-corrected chi connectivity index (χ1v) is 4.14. The van der Waals surface area contributed by atoms with Gasteiger partial charge in [-0.15, -0.1) is 0 Å². The highest BCUT2D eigenvalue weighted by atomic mass is 16.5. The Bertz CT molecular complexity index is 297. The zero-order valence-corrected chi connectivity index (χ0v) is 8.26. The summed E-state index contributed by atoms with van der Waals surface area (Å²) < 4.78 is 10.3. The van der Waals surface area contributed by atoms with Gasteiger partial charge in [-0.05, 0) is 30.2 Å². The lowest BCUT2D eigenvalue weighted by Gasteiger charge is -2.11. The SMILES string of the molecule is COc1cc(C)c(CN)cc1OC. The molecule has 0 fully saturated rings. The van der Waals surface area contributed by atoms with E-state index >= 15 is 0 Å². The van der Waals surface area contributed by atoms with E-state index in [0.29, 0.717) is 6.54 Å². The molecule has 0 aliphatic rings. The molecule has 13 heavy (non-hydrogen) atoms. The molecule has 0 unspecified atom stereocenters. The Balaban J connectivity index is 3.18. The van der Waals surface area contributed by atoms with Crippen molar-refractivity contribution < 1.29 is 9.47 Å². The Morgan fingerprint density at radius 3 is 2.15 bits per heavy atom. The Morgan fingerprint density at radius 2 is 1.69 bits per heavy atom. The van der Waals surface area contributed by atoms with Crippen LogP contribution in [0.1, 0.15) is 11.1 Å². The largest absolute Gasteiger partial charge is 0.493 e. The Morgan fingerprint density at radius 1 is 1.15 bits per heavy atom. The molecular weight excluding hydrogens is 166 g/mol. The molecule has 72 valence electrons. The summed E-state index contributed by atoms with van der Waals surface area (Å²) >= 11 is 0. The van der Waals surface area contributed by atoms with Crippen LogP contribution in [0.4, 0.5) is 0 Å². The number of methoxy groups -OCH3 is 2. The number of rotatable bonds is 3. The predicted octanol–water partition coefficient (Wildman–Crippen LogP) is 1.47. The lowest BCUT2D eigenvalue weighted by Crippen LogP contribution is -2.01. The molecule has 3 nitrogen and oxygen atoms in total. The van der Waals surface area contributed by atoms with E-state index in [9.17, 15) is 0 Å². The van der Waals surface area contributed by atoms with Crippen LogP contribution in [0.25, 0.3) is 0 Å². The van der Waals surface area contributed by atoms with Crippen LogP contribution in [-0.4, -0.2) is 14.2 Å². The van der Waals surface area contributed by atoms with Crippen LogP contribution >= 0.6 is 0 Å². The number of ether oxygens (including phenoxy) is 2. The first kappa shape index (κ1) is 9.86. The minimum Gasteiger partial charge on any atom is -0.493 e. The monoisotopic (exact) mass is 181 g/mol. The standard InChI is InChI=1S/C10H15NO2/c1-7-4-9(12-2)10(13-3)5-8(7)6-11/h4-5H,6,11H2,1-3H3. The van der Waals surface area contributed by atoms with Gasteiger partial charge in [0.25, 0.3) is 0 Å². The van der Waals surface area contributed by atoms with Gasteiger partial charge in [-0.2, -0.15) is 0 Å². The maximum atomic E-state index is 5.57. The van der Waals surface area contributed by atoms with E-state index in [1.165, 1.54) is 0 Å². The van der Waals surface area contributed by atoms with Crippen molar-refractivity contribution in [3.8, 4) is 11.5 Å². The molecule has 0 aliphatic carbocycles. The fourth-order valence-corrected chi connectivity index (χ4v) is 1.24. The van der Waals surface area contributed by atoms with Crippen LogP contribution in [0.3, 0.4) is 0 Å². The third kappa shape index (κ3) is 1.92. The molecule has 0 bridgehead atoms. The van der Waals surface area contributed by atoms with E-state index in [2.05, 4.69) is 0 Å².